The number of aromatic nitrogens is 4. The number of hydrogen-bond donors (Lipinski definition) is 0. The lowest BCUT2D eigenvalue weighted by Crippen LogP contribution is -2.14. The molecule has 0 atom stereocenters. The fraction of sp³-hybridized carbons (Fsp3) is 0.0462. The SMILES string of the molecule is CC1(C)c2ccccc2-c2c(-c3nc4ccccc4nc3-c3ccc4cc(-n5c6cc(-n7c8ccccc8c8ccc9ccccc9c87)ccc6c6cc7ccccc7cc65)ccc4c3)cccc21. The van der Waals surface area contributed by atoms with Crippen LogP contribution in [0.4, 0.5) is 0 Å². The number of benzene rings is 11. The van der Waals surface area contributed by atoms with Gasteiger partial charge in [0.05, 0.1) is 44.5 Å². The molecule has 69 heavy (non-hydrogen) atoms. The Kier molecular flexibility index (Phi) is 7.81. The topological polar surface area (TPSA) is 35.6 Å². The minimum Gasteiger partial charge on any atom is -0.309 e. The summed E-state index contributed by atoms with van der Waals surface area (Å²) in [5.41, 5.74) is 17.8. The molecule has 15 rings (SSSR count). The molecule has 3 heterocycles. The van der Waals surface area contributed by atoms with Gasteiger partial charge >= 0.3 is 0 Å². The van der Waals surface area contributed by atoms with E-state index in [0.717, 1.165) is 61.2 Å². The Morgan fingerprint density at radius 3 is 1.80 bits per heavy atom. The predicted molar refractivity (Wildman–Crippen MR) is 289 cm³/mol. The van der Waals surface area contributed by atoms with Gasteiger partial charge in [-0.25, -0.2) is 9.97 Å². The molecule has 0 fully saturated rings. The summed E-state index contributed by atoms with van der Waals surface area (Å²) in [6, 6.07) is 80.1. The van der Waals surface area contributed by atoms with Gasteiger partial charge in [-0.3, -0.25) is 0 Å². The van der Waals surface area contributed by atoms with E-state index in [-0.39, 0.29) is 5.41 Å². The fourth-order valence-electron chi connectivity index (χ4n) is 12.0. The van der Waals surface area contributed by atoms with Crippen LogP contribution >= 0.6 is 0 Å². The second kappa shape index (κ2) is 14.1. The van der Waals surface area contributed by atoms with Gasteiger partial charge in [0.25, 0.3) is 0 Å². The first-order chi connectivity index (χ1) is 34.0. The third kappa shape index (κ3) is 5.46. The van der Waals surface area contributed by atoms with Crippen molar-refractivity contribution in [1.82, 2.24) is 19.1 Å². The standard InChI is InChI=1S/C65H42N4/c1-65(2)54-21-9-7-19-51(54)61-52(20-13-22-55(61)65)63-62(66-56-23-10-11-24-57(56)67-63)44-27-26-43-35-45(30-28-42(43)34-44)68-59-37-41-16-4-3-15-40(41)36-53(59)49-33-31-46(38-60(49)68)69-58-25-12-8-18-48(58)50-32-29-39-14-5-6-17-47(39)64(50)69/h3-38H,1-2H3. The molecule has 14 aromatic rings. The van der Waals surface area contributed by atoms with Crippen molar-refractivity contribution in [1.29, 1.82) is 0 Å². The maximum absolute atomic E-state index is 5.43. The van der Waals surface area contributed by atoms with E-state index in [1.54, 1.807) is 0 Å². The molecule has 3 aromatic heterocycles. The number of nitrogens with zero attached hydrogens (tertiary/aromatic N) is 4. The van der Waals surface area contributed by atoms with Gasteiger partial charge in [0, 0.05) is 54.8 Å². The van der Waals surface area contributed by atoms with Gasteiger partial charge in [0.1, 0.15) is 0 Å². The zero-order valence-corrected chi connectivity index (χ0v) is 38.1. The summed E-state index contributed by atoms with van der Waals surface area (Å²) >= 11 is 0. The number of rotatable bonds is 4. The van der Waals surface area contributed by atoms with Crippen LogP contribution in [0.3, 0.4) is 0 Å². The second-order valence-corrected chi connectivity index (χ2v) is 19.3. The van der Waals surface area contributed by atoms with Gasteiger partial charge in [-0.1, -0.05) is 172 Å². The maximum Gasteiger partial charge on any atom is 0.0979 e. The molecule has 1 aliphatic rings. The Labute approximate surface area is 398 Å². The van der Waals surface area contributed by atoms with Crippen LogP contribution in [-0.4, -0.2) is 19.1 Å². The third-order valence-electron chi connectivity index (χ3n) is 15.2. The molecule has 0 N–H and O–H groups in total. The van der Waals surface area contributed by atoms with E-state index < -0.39 is 0 Å². The van der Waals surface area contributed by atoms with E-state index in [1.165, 1.54) is 81.9 Å². The fourth-order valence-corrected chi connectivity index (χ4v) is 12.0. The maximum atomic E-state index is 5.43. The van der Waals surface area contributed by atoms with Crippen molar-refractivity contribution in [2.24, 2.45) is 0 Å². The minimum absolute atomic E-state index is 0.127. The lowest BCUT2D eigenvalue weighted by atomic mass is 9.82. The molecular formula is C65H42N4. The summed E-state index contributed by atoms with van der Waals surface area (Å²) in [6.45, 7) is 4.67. The quantitative estimate of drug-likeness (QED) is 0.177. The van der Waals surface area contributed by atoms with Crippen LogP contribution in [-0.2, 0) is 5.41 Å². The van der Waals surface area contributed by atoms with Crippen LogP contribution in [0.2, 0.25) is 0 Å². The highest BCUT2D eigenvalue weighted by atomic mass is 15.0. The van der Waals surface area contributed by atoms with E-state index in [2.05, 4.69) is 235 Å². The Morgan fingerprint density at radius 1 is 0.348 bits per heavy atom. The summed E-state index contributed by atoms with van der Waals surface area (Å²) < 4.78 is 4.95. The molecule has 322 valence electrons. The van der Waals surface area contributed by atoms with Crippen molar-refractivity contribution in [3.05, 3.63) is 230 Å². The number of fused-ring (bicyclic) bond motifs is 14. The van der Waals surface area contributed by atoms with E-state index in [9.17, 15) is 0 Å². The van der Waals surface area contributed by atoms with Crippen LogP contribution in [0.1, 0.15) is 25.0 Å². The third-order valence-corrected chi connectivity index (χ3v) is 15.2. The first-order valence-corrected chi connectivity index (χ1v) is 23.9. The highest BCUT2D eigenvalue weighted by Crippen LogP contribution is 2.53. The van der Waals surface area contributed by atoms with Crippen molar-refractivity contribution < 1.29 is 0 Å². The molecule has 4 heteroatoms. The van der Waals surface area contributed by atoms with Gasteiger partial charge in [-0.15, -0.1) is 0 Å². The predicted octanol–water partition coefficient (Wildman–Crippen LogP) is 16.9. The van der Waals surface area contributed by atoms with Gasteiger partial charge in [0.2, 0.25) is 0 Å². The van der Waals surface area contributed by atoms with Crippen molar-refractivity contribution in [2.45, 2.75) is 19.3 Å². The highest BCUT2D eigenvalue weighted by Gasteiger charge is 2.37. The summed E-state index contributed by atoms with van der Waals surface area (Å²) in [5.74, 6) is 0. The molecule has 0 unspecified atom stereocenters. The van der Waals surface area contributed by atoms with Gasteiger partial charge in [-0.2, -0.15) is 0 Å². The van der Waals surface area contributed by atoms with Gasteiger partial charge in [-0.05, 0) is 110 Å². The van der Waals surface area contributed by atoms with Crippen LogP contribution in [0.5, 0.6) is 0 Å². The summed E-state index contributed by atoms with van der Waals surface area (Å²) in [7, 11) is 0. The van der Waals surface area contributed by atoms with Crippen molar-refractivity contribution in [3.63, 3.8) is 0 Å². The molecular weight excluding hydrogens is 837 g/mol. The van der Waals surface area contributed by atoms with Gasteiger partial charge in [0.15, 0.2) is 0 Å². The molecule has 0 saturated carbocycles. The molecule has 0 aliphatic heterocycles. The molecule has 11 aromatic carbocycles. The normalized spacial score (nSPS) is 13.2. The van der Waals surface area contributed by atoms with Crippen LogP contribution in [0.15, 0.2) is 218 Å². The molecule has 1 aliphatic carbocycles. The van der Waals surface area contributed by atoms with Gasteiger partial charge < -0.3 is 9.13 Å². The largest absolute Gasteiger partial charge is 0.309 e. The zero-order valence-electron chi connectivity index (χ0n) is 38.1. The molecule has 4 nitrogen and oxygen atoms in total. The Bertz CT molecular complexity index is 4530. The lowest BCUT2D eigenvalue weighted by Gasteiger charge is -2.21. The van der Waals surface area contributed by atoms with Crippen LogP contribution in [0, 0.1) is 0 Å². The molecule has 0 amide bonds. The van der Waals surface area contributed by atoms with Crippen molar-refractivity contribution >= 4 is 87.0 Å². The number of para-hydroxylation sites is 3. The summed E-state index contributed by atoms with van der Waals surface area (Å²) in [5, 5.41) is 12.2. The lowest BCUT2D eigenvalue weighted by molar-refractivity contribution is 0.660. The molecule has 0 saturated heterocycles. The number of hydrogen-bond acceptors (Lipinski definition) is 2. The average molecular weight is 879 g/mol. The smallest absolute Gasteiger partial charge is 0.0979 e. The van der Waals surface area contributed by atoms with Crippen molar-refractivity contribution in [3.8, 4) is 45.0 Å². The summed E-state index contributed by atoms with van der Waals surface area (Å²) in [6.07, 6.45) is 0. The Hall–Kier alpha value is -8.86. The van der Waals surface area contributed by atoms with Crippen LogP contribution < -0.4 is 0 Å². The van der Waals surface area contributed by atoms with E-state index >= 15 is 0 Å². The van der Waals surface area contributed by atoms with Crippen molar-refractivity contribution in [2.75, 3.05) is 0 Å². The van der Waals surface area contributed by atoms with E-state index in [0.29, 0.717) is 0 Å². The van der Waals surface area contributed by atoms with E-state index in [4.69, 9.17) is 9.97 Å². The van der Waals surface area contributed by atoms with E-state index in [1.807, 2.05) is 6.07 Å². The zero-order chi connectivity index (χ0) is 45.5. The summed E-state index contributed by atoms with van der Waals surface area (Å²) in [4.78, 5) is 10.8. The van der Waals surface area contributed by atoms with Crippen LogP contribution in [0.25, 0.3) is 132 Å². The highest BCUT2D eigenvalue weighted by molar-refractivity contribution is 6.19. The first kappa shape index (κ1) is 38.3. The molecule has 0 spiro atoms. The second-order valence-electron chi connectivity index (χ2n) is 19.3. The molecule has 0 bridgehead atoms. The first-order valence-electron chi connectivity index (χ1n) is 23.9. The average Bonchev–Trinajstić information content (AvgIpc) is 3.99. The molecule has 0 radical (unpaired) electrons. The monoisotopic (exact) mass is 878 g/mol. The Balaban J connectivity index is 0.935. The minimum atomic E-state index is -0.127. The Morgan fingerprint density at radius 2 is 0.928 bits per heavy atom.